The van der Waals surface area contributed by atoms with Crippen LogP contribution in [0.4, 0.5) is 0 Å². The number of aliphatic hydroxyl groups excluding tert-OH is 1. The molecule has 0 aromatic carbocycles. The number of nitrogens with two attached hydrogens (primary N) is 1. The molecule has 2 bridgehead atoms. The van der Waals surface area contributed by atoms with Crippen molar-refractivity contribution in [1.82, 2.24) is 15.6 Å². The van der Waals surface area contributed by atoms with Gasteiger partial charge in [-0.25, -0.2) is 4.79 Å². The Morgan fingerprint density at radius 1 is 1.04 bits per heavy atom. The van der Waals surface area contributed by atoms with E-state index in [9.17, 15) is 29.1 Å². The summed E-state index contributed by atoms with van der Waals surface area (Å²) in [6, 6.07) is 1.35. The van der Waals surface area contributed by atoms with Crippen molar-refractivity contribution in [2.75, 3.05) is 5.75 Å². The highest BCUT2D eigenvalue weighted by molar-refractivity contribution is 8.01. The van der Waals surface area contributed by atoms with Crippen LogP contribution in [0, 0.1) is 11.3 Å². The number of hydrogen-bond acceptors (Lipinski definition) is 10. The second-order valence-corrected chi connectivity index (χ2v) is 14.0. The SMILES string of the molecule is N[C@@H](CCC(=O)N[C@@H](CS[C@@]12C=C[C@@]3(CCCCCC1)CC(Cc1ccncc1)=C[C@@H]1C(=O)OC2=C13)C(=O)N[C@@H](O)C(=O)O)C(=O)O. The van der Waals surface area contributed by atoms with Gasteiger partial charge in [0.05, 0.1) is 4.75 Å². The number of ether oxygens (including phenoxy) is 1. The van der Waals surface area contributed by atoms with Crippen LogP contribution in [-0.4, -0.2) is 78.8 Å². The number of rotatable bonds is 13. The van der Waals surface area contributed by atoms with E-state index in [1.807, 2.05) is 23.5 Å². The fraction of sp³-hybridized carbons (Fsp3) is 0.515. The molecule has 2 amide bonds. The molecule has 47 heavy (non-hydrogen) atoms. The first-order chi connectivity index (χ1) is 22.4. The van der Waals surface area contributed by atoms with Gasteiger partial charge < -0.3 is 36.4 Å². The highest BCUT2D eigenvalue weighted by Gasteiger charge is 2.56. The third kappa shape index (κ3) is 7.60. The minimum absolute atomic E-state index is 0.0611. The molecule has 1 aromatic rings. The fourth-order valence-electron chi connectivity index (χ4n) is 6.94. The van der Waals surface area contributed by atoms with Gasteiger partial charge in [-0.05, 0) is 55.4 Å². The number of nitrogens with one attached hydrogen (secondary N) is 2. The molecule has 2 heterocycles. The molecule has 6 atom stereocenters. The molecule has 13 nitrogen and oxygen atoms in total. The predicted octanol–water partition coefficient (Wildman–Crippen LogP) is 1.96. The first kappa shape index (κ1) is 34.3. The molecule has 0 fully saturated rings. The Hall–Kier alpha value is -4.01. The largest absolute Gasteiger partial charge is 0.480 e. The molecule has 7 N–H and O–H groups in total. The zero-order chi connectivity index (χ0) is 33.8. The summed E-state index contributed by atoms with van der Waals surface area (Å²) in [4.78, 5) is 65.9. The smallest absolute Gasteiger partial charge is 0.353 e. The molecule has 14 heteroatoms. The number of carboxylic acid groups (broad SMARTS) is 2. The molecule has 252 valence electrons. The summed E-state index contributed by atoms with van der Waals surface area (Å²) in [5, 5.41) is 32.5. The predicted molar refractivity (Wildman–Crippen MR) is 170 cm³/mol. The molecular weight excluding hydrogens is 628 g/mol. The van der Waals surface area contributed by atoms with Crippen LogP contribution in [0.15, 0.2) is 59.7 Å². The van der Waals surface area contributed by atoms with E-state index in [1.54, 1.807) is 12.4 Å². The second kappa shape index (κ2) is 14.4. The summed E-state index contributed by atoms with van der Waals surface area (Å²) < 4.78 is 5.30. The second-order valence-electron chi connectivity index (χ2n) is 12.6. The number of carbonyl (C=O) groups is 5. The Morgan fingerprint density at radius 3 is 2.47 bits per heavy atom. The van der Waals surface area contributed by atoms with Gasteiger partial charge in [0.2, 0.25) is 18.0 Å². The van der Waals surface area contributed by atoms with Crippen LogP contribution in [0.2, 0.25) is 0 Å². The van der Waals surface area contributed by atoms with Crippen LogP contribution < -0.4 is 16.4 Å². The number of aliphatic hydroxyl groups is 1. The topological polar surface area (TPSA) is 218 Å². The standard InChI is InChI=1S/C33H40N4O9S/c34-22(29(41)42)5-6-24(38)36-23(27(39)37-28(40)30(43)44)18-47-33-10-4-2-1-3-9-32(11-12-33)17-20(15-19-7-13-35-14-8-19)16-21-25(32)26(33)46-31(21)45/h7-8,11-14,16,21-23,28,40H,1-6,9-10,15,17-18,34H2,(H,36,38)(H,37,39)(H,41,42)(H,43,44)/t21-,22-,23-,28-,32-,33+/m0/s1. The van der Waals surface area contributed by atoms with Crippen molar-refractivity contribution in [2.24, 2.45) is 17.1 Å². The van der Waals surface area contributed by atoms with Crippen molar-refractivity contribution in [1.29, 1.82) is 0 Å². The third-order valence-corrected chi connectivity index (χ3v) is 10.9. The average Bonchev–Trinajstić information content (AvgIpc) is 3.39. The van der Waals surface area contributed by atoms with Crippen molar-refractivity contribution in [3.05, 3.63) is 65.2 Å². The van der Waals surface area contributed by atoms with Gasteiger partial charge >= 0.3 is 17.9 Å². The van der Waals surface area contributed by atoms with Crippen molar-refractivity contribution >= 4 is 41.5 Å². The van der Waals surface area contributed by atoms with Crippen molar-refractivity contribution in [3.8, 4) is 0 Å². The Labute approximate surface area is 276 Å². The molecule has 0 radical (unpaired) electrons. The molecule has 5 rings (SSSR count). The lowest BCUT2D eigenvalue weighted by Gasteiger charge is -2.45. The number of allylic oxidation sites excluding steroid dienone is 2. The summed E-state index contributed by atoms with van der Waals surface area (Å²) >= 11 is 1.31. The number of aromatic nitrogens is 1. The van der Waals surface area contributed by atoms with E-state index >= 15 is 0 Å². The summed E-state index contributed by atoms with van der Waals surface area (Å²) in [7, 11) is 0. The number of fused-ring (bicyclic) bond motifs is 2. The van der Waals surface area contributed by atoms with Crippen LogP contribution in [0.5, 0.6) is 0 Å². The molecule has 0 unspecified atom stereocenters. The number of hydrogen-bond donors (Lipinski definition) is 6. The number of pyridine rings is 1. The van der Waals surface area contributed by atoms with Gasteiger partial charge in [0.1, 0.15) is 23.8 Å². The monoisotopic (exact) mass is 668 g/mol. The van der Waals surface area contributed by atoms with Crippen molar-refractivity contribution < 1.29 is 44.0 Å². The number of esters is 1. The maximum absolute atomic E-state index is 13.5. The maximum Gasteiger partial charge on any atom is 0.353 e. The molecule has 1 aromatic heterocycles. The van der Waals surface area contributed by atoms with Gasteiger partial charge in [-0.1, -0.05) is 49.5 Å². The number of carbonyl (C=O) groups excluding carboxylic acids is 3. The molecule has 1 spiro atoms. The molecule has 1 aliphatic heterocycles. The lowest BCUT2D eigenvalue weighted by atomic mass is 9.60. The fourth-order valence-corrected chi connectivity index (χ4v) is 8.37. The van der Waals surface area contributed by atoms with Crippen molar-refractivity contribution in [3.63, 3.8) is 0 Å². The molecule has 4 aliphatic rings. The molecule has 3 aliphatic carbocycles. The minimum atomic E-state index is -2.20. The normalized spacial score (nSPS) is 26.7. The van der Waals surface area contributed by atoms with Crippen LogP contribution in [0.3, 0.4) is 0 Å². The Morgan fingerprint density at radius 2 is 1.77 bits per heavy atom. The minimum Gasteiger partial charge on any atom is -0.480 e. The quantitative estimate of drug-likeness (QED) is 0.101. The van der Waals surface area contributed by atoms with Gasteiger partial charge in [-0.3, -0.25) is 24.2 Å². The summed E-state index contributed by atoms with van der Waals surface area (Å²) in [6.07, 6.45) is 13.8. The average molecular weight is 669 g/mol. The van der Waals surface area contributed by atoms with E-state index in [1.165, 1.54) is 11.8 Å². The van der Waals surface area contributed by atoms with E-state index in [0.717, 1.165) is 55.2 Å². The van der Waals surface area contributed by atoms with Crippen LogP contribution in [0.1, 0.15) is 63.4 Å². The number of carboxylic acids is 2. The van der Waals surface area contributed by atoms with Gasteiger partial charge in [-0.2, -0.15) is 0 Å². The highest BCUT2D eigenvalue weighted by atomic mass is 32.2. The zero-order valence-corrected chi connectivity index (χ0v) is 26.7. The van der Waals surface area contributed by atoms with E-state index < -0.39 is 58.1 Å². The third-order valence-electron chi connectivity index (χ3n) is 9.32. The number of thioether (sulfide) groups is 1. The Bertz CT molecular complexity index is 1510. The summed E-state index contributed by atoms with van der Waals surface area (Å²) in [6.45, 7) is 0. The lowest BCUT2D eigenvalue weighted by molar-refractivity contribution is -0.151. The number of amides is 2. The zero-order valence-electron chi connectivity index (χ0n) is 25.9. The highest BCUT2D eigenvalue weighted by Crippen LogP contribution is 2.60. The van der Waals surface area contributed by atoms with E-state index in [2.05, 4.69) is 22.5 Å². The van der Waals surface area contributed by atoms with E-state index in [0.29, 0.717) is 18.6 Å². The number of aliphatic carboxylic acids is 2. The van der Waals surface area contributed by atoms with Gasteiger partial charge in [0.25, 0.3) is 0 Å². The van der Waals surface area contributed by atoms with Gasteiger partial charge in [0.15, 0.2) is 0 Å². The summed E-state index contributed by atoms with van der Waals surface area (Å²) in [5.41, 5.74) is 8.34. The first-order valence-electron chi connectivity index (χ1n) is 15.8. The molecule has 0 saturated heterocycles. The van der Waals surface area contributed by atoms with Gasteiger partial charge in [-0.15, -0.1) is 11.8 Å². The van der Waals surface area contributed by atoms with Gasteiger partial charge in [0, 0.05) is 30.0 Å². The van der Waals surface area contributed by atoms with Crippen molar-refractivity contribution in [2.45, 2.75) is 87.3 Å². The number of nitrogens with zero attached hydrogens (tertiary/aromatic N) is 1. The lowest BCUT2D eigenvalue weighted by Crippen LogP contribution is -2.53. The van der Waals surface area contributed by atoms with E-state index in [4.69, 9.17) is 20.7 Å². The summed E-state index contributed by atoms with van der Waals surface area (Å²) in [5.74, 6) is -4.92. The van der Waals surface area contributed by atoms with Crippen LogP contribution in [-0.2, 0) is 35.1 Å². The Kier molecular flexibility index (Phi) is 10.5. The first-order valence-corrected chi connectivity index (χ1v) is 16.8. The maximum atomic E-state index is 13.5. The molecule has 0 saturated carbocycles. The van der Waals surface area contributed by atoms with E-state index in [-0.39, 0.29) is 24.6 Å². The Balaban J connectivity index is 1.44. The molecular formula is C33H40N4O9S. The van der Waals surface area contributed by atoms with Crippen LogP contribution >= 0.6 is 11.8 Å². The van der Waals surface area contributed by atoms with Crippen LogP contribution in [0.25, 0.3) is 0 Å².